The van der Waals surface area contributed by atoms with Gasteiger partial charge in [-0.1, -0.05) is 48.5 Å². The number of hydrazone groups is 1. The van der Waals surface area contributed by atoms with E-state index >= 15 is 0 Å². The SMILES string of the molecule is COc1ccc(NC(=O)N(/N=C/c2ccccc2)c2ccccc2)cc1. The fraction of sp³-hybridized carbons (Fsp3) is 0.0476. The van der Waals surface area contributed by atoms with Crippen LogP contribution in [-0.4, -0.2) is 19.4 Å². The summed E-state index contributed by atoms with van der Waals surface area (Å²) in [5.74, 6) is 0.727. The van der Waals surface area contributed by atoms with Crippen molar-refractivity contribution in [1.82, 2.24) is 0 Å². The number of ether oxygens (including phenoxy) is 1. The Morgan fingerprint density at radius 1 is 0.923 bits per heavy atom. The first-order chi connectivity index (χ1) is 12.8. The summed E-state index contributed by atoms with van der Waals surface area (Å²) >= 11 is 0. The van der Waals surface area contributed by atoms with Crippen LogP contribution >= 0.6 is 0 Å². The molecule has 5 nitrogen and oxygen atoms in total. The lowest BCUT2D eigenvalue weighted by Crippen LogP contribution is -2.30. The topological polar surface area (TPSA) is 53.9 Å². The van der Waals surface area contributed by atoms with Crippen LogP contribution in [0.3, 0.4) is 0 Å². The summed E-state index contributed by atoms with van der Waals surface area (Å²) < 4.78 is 5.13. The molecule has 3 aromatic rings. The summed E-state index contributed by atoms with van der Waals surface area (Å²) in [5.41, 5.74) is 2.24. The number of nitrogens with one attached hydrogen (secondary N) is 1. The molecule has 0 heterocycles. The van der Waals surface area contributed by atoms with Gasteiger partial charge in [-0.15, -0.1) is 0 Å². The molecular weight excluding hydrogens is 326 g/mol. The van der Waals surface area contributed by atoms with Crippen molar-refractivity contribution >= 4 is 23.6 Å². The first-order valence-electron chi connectivity index (χ1n) is 8.15. The highest BCUT2D eigenvalue weighted by atomic mass is 16.5. The molecule has 2 amide bonds. The van der Waals surface area contributed by atoms with E-state index in [1.54, 1.807) is 37.6 Å². The number of amides is 2. The summed E-state index contributed by atoms with van der Waals surface area (Å²) in [6, 6.07) is 25.7. The summed E-state index contributed by atoms with van der Waals surface area (Å²) in [6.45, 7) is 0. The highest BCUT2D eigenvalue weighted by Gasteiger charge is 2.14. The quantitative estimate of drug-likeness (QED) is 0.535. The summed E-state index contributed by atoms with van der Waals surface area (Å²) in [6.07, 6.45) is 1.65. The predicted octanol–water partition coefficient (Wildman–Crippen LogP) is 4.77. The molecule has 0 unspecified atom stereocenters. The molecule has 0 aliphatic carbocycles. The maximum absolute atomic E-state index is 12.8. The normalized spacial score (nSPS) is 10.5. The molecule has 0 saturated heterocycles. The van der Waals surface area contributed by atoms with Gasteiger partial charge in [-0.3, -0.25) is 0 Å². The number of methoxy groups -OCH3 is 1. The minimum atomic E-state index is -0.353. The van der Waals surface area contributed by atoms with Gasteiger partial charge < -0.3 is 10.1 Å². The Labute approximate surface area is 152 Å². The molecule has 0 aliphatic heterocycles. The van der Waals surface area contributed by atoms with Crippen molar-refractivity contribution < 1.29 is 9.53 Å². The van der Waals surface area contributed by atoms with Crippen LogP contribution in [0.15, 0.2) is 90.0 Å². The maximum Gasteiger partial charge on any atom is 0.347 e. The zero-order valence-corrected chi connectivity index (χ0v) is 14.4. The number of carbonyl (C=O) groups is 1. The molecule has 1 N–H and O–H groups in total. The molecule has 3 rings (SSSR count). The van der Waals surface area contributed by atoms with Gasteiger partial charge in [0.05, 0.1) is 19.0 Å². The summed E-state index contributed by atoms with van der Waals surface area (Å²) in [4.78, 5) is 12.8. The van der Waals surface area contributed by atoms with Crippen molar-refractivity contribution in [1.29, 1.82) is 0 Å². The Bertz CT molecular complexity index is 863. The smallest absolute Gasteiger partial charge is 0.347 e. The van der Waals surface area contributed by atoms with Crippen LogP contribution in [0.25, 0.3) is 0 Å². The molecule has 0 aliphatic rings. The first kappa shape index (κ1) is 17.2. The number of nitrogens with zero attached hydrogens (tertiary/aromatic N) is 2. The van der Waals surface area contributed by atoms with Crippen molar-refractivity contribution in [3.63, 3.8) is 0 Å². The number of hydrogen-bond donors (Lipinski definition) is 1. The second-order valence-electron chi connectivity index (χ2n) is 5.46. The summed E-state index contributed by atoms with van der Waals surface area (Å²) in [5, 5.41) is 8.54. The zero-order valence-electron chi connectivity index (χ0n) is 14.4. The number of para-hydroxylation sites is 1. The van der Waals surface area contributed by atoms with E-state index in [1.807, 2.05) is 60.7 Å². The zero-order chi connectivity index (χ0) is 18.2. The monoisotopic (exact) mass is 345 g/mol. The molecule has 0 saturated carbocycles. The van der Waals surface area contributed by atoms with Gasteiger partial charge in [0, 0.05) is 5.69 Å². The molecule has 0 radical (unpaired) electrons. The highest BCUT2D eigenvalue weighted by molar-refractivity contribution is 6.02. The third-order valence-corrected chi connectivity index (χ3v) is 3.66. The van der Waals surface area contributed by atoms with Crippen LogP contribution in [0.1, 0.15) is 5.56 Å². The number of anilines is 2. The van der Waals surface area contributed by atoms with E-state index in [1.165, 1.54) is 5.01 Å². The van der Waals surface area contributed by atoms with Gasteiger partial charge in [-0.2, -0.15) is 10.1 Å². The molecule has 0 atom stereocenters. The standard InChI is InChI=1S/C21H19N3O2/c1-26-20-14-12-18(13-15-20)23-21(25)24(19-10-6-3-7-11-19)22-16-17-8-4-2-5-9-17/h2-16H,1H3,(H,23,25)/b22-16+. The Hall–Kier alpha value is -3.60. The van der Waals surface area contributed by atoms with E-state index in [2.05, 4.69) is 10.4 Å². The molecule has 26 heavy (non-hydrogen) atoms. The Morgan fingerprint density at radius 3 is 2.15 bits per heavy atom. The fourth-order valence-electron chi connectivity index (χ4n) is 2.32. The highest BCUT2D eigenvalue weighted by Crippen LogP contribution is 2.18. The van der Waals surface area contributed by atoms with Crippen LogP contribution in [0.4, 0.5) is 16.2 Å². The van der Waals surface area contributed by atoms with Gasteiger partial charge in [0.1, 0.15) is 5.75 Å². The van der Waals surface area contributed by atoms with Gasteiger partial charge in [0.25, 0.3) is 0 Å². The lowest BCUT2D eigenvalue weighted by molar-refractivity contribution is 0.257. The maximum atomic E-state index is 12.8. The van der Waals surface area contributed by atoms with Gasteiger partial charge in [0.2, 0.25) is 0 Å². The number of carbonyl (C=O) groups excluding carboxylic acids is 1. The van der Waals surface area contributed by atoms with E-state index < -0.39 is 0 Å². The van der Waals surface area contributed by atoms with Crippen LogP contribution in [-0.2, 0) is 0 Å². The molecule has 0 bridgehead atoms. The fourth-order valence-corrected chi connectivity index (χ4v) is 2.32. The van der Waals surface area contributed by atoms with E-state index in [0.29, 0.717) is 11.4 Å². The summed E-state index contributed by atoms with van der Waals surface area (Å²) in [7, 11) is 1.60. The van der Waals surface area contributed by atoms with Crippen molar-refractivity contribution in [3.8, 4) is 5.75 Å². The number of hydrogen-bond acceptors (Lipinski definition) is 3. The molecular formula is C21H19N3O2. The molecule has 0 spiro atoms. The minimum absolute atomic E-state index is 0.353. The first-order valence-corrected chi connectivity index (χ1v) is 8.15. The van der Waals surface area contributed by atoms with Gasteiger partial charge in [0.15, 0.2) is 0 Å². The lowest BCUT2D eigenvalue weighted by Gasteiger charge is -2.18. The van der Waals surface area contributed by atoms with Gasteiger partial charge >= 0.3 is 6.03 Å². The molecule has 3 aromatic carbocycles. The van der Waals surface area contributed by atoms with Gasteiger partial charge in [-0.25, -0.2) is 4.79 Å². The largest absolute Gasteiger partial charge is 0.497 e. The van der Waals surface area contributed by atoms with Crippen LogP contribution in [0.2, 0.25) is 0 Å². The van der Waals surface area contributed by atoms with Crippen molar-refractivity contribution in [2.45, 2.75) is 0 Å². The average molecular weight is 345 g/mol. The van der Waals surface area contributed by atoms with E-state index in [-0.39, 0.29) is 6.03 Å². The Kier molecular flexibility index (Phi) is 5.62. The van der Waals surface area contributed by atoms with Gasteiger partial charge in [-0.05, 0) is 42.0 Å². The second kappa shape index (κ2) is 8.48. The third-order valence-electron chi connectivity index (χ3n) is 3.66. The van der Waals surface area contributed by atoms with Crippen molar-refractivity contribution in [2.24, 2.45) is 5.10 Å². The molecule has 0 aromatic heterocycles. The predicted molar refractivity (Wildman–Crippen MR) is 105 cm³/mol. The van der Waals surface area contributed by atoms with Crippen molar-refractivity contribution in [3.05, 3.63) is 90.5 Å². The van der Waals surface area contributed by atoms with Crippen LogP contribution in [0, 0.1) is 0 Å². The number of rotatable bonds is 5. The minimum Gasteiger partial charge on any atom is -0.497 e. The van der Waals surface area contributed by atoms with E-state index in [4.69, 9.17) is 4.74 Å². The second-order valence-corrected chi connectivity index (χ2v) is 5.46. The lowest BCUT2D eigenvalue weighted by atomic mass is 10.2. The van der Waals surface area contributed by atoms with E-state index in [9.17, 15) is 4.79 Å². The van der Waals surface area contributed by atoms with Crippen molar-refractivity contribution in [2.75, 3.05) is 17.4 Å². The number of urea groups is 1. The molecule has 5 heteroatoms. The number of benzene rings is 3. The third kappa shape index (κ3) is 4.48. The van der Waals surface area contributed by atoms with Crippen LogP contribution in [0.5, 0.6) is 5.75 Å². The Morgan fingerprint density at radius 2 is 1.54 bits per heavy atom. The average Bonchev–Trinajstić information content (AvgIpc) is 2.70. The molecule has 130 valence electrons. The van der Waals surface area contributed by atoms with Crippen LogP contribution < -0.4 is 15.1 Å². The Balaban J connectivity index is 1.82. The van der Waals surface area contributed by atoms with E-state index in [0.717, 1.165) is 11.3 Å². The molecule has 0 fully saturated rings.